The lowest BCUT2D eigenvalue weighted by Crippen LogP contribution is -1.92. The molecule has 0 radical (unpaired) electrons. The zero-order valence-corrected chi connectivity index (χ0v) is 10.4. The van der Waals surface area contributed by atoms with Crippen molar-refractivity contribution in [2.75, 3.05) is 0 Å². The Morgan fingerprint density at radius 3 is 2.11 bits per heavy atom. The van der Waals surface area contributed by atoms with Gasteiger partial charge in [0.15, 0.2) is 0 Å². The molecular weight excluding hydrogens is 254 g/mol. The number of hydrogen-bond donors (Lipinski definition) is 1. The van der Waals surface area contributed by atoms with E-state index in [1.807, 2.05) is 12.1 Å². The molecular formula is C14H12F2OS. The average molecular weight is 266 g/mol. The van der Waals surface area contributed by atoms with Crippen LogP contribution in [0.4, 0.5) is 8.78 Å². The Kier molecular flexibility index (Phi) is 4.33. The summed E-state index contributed by atoms with van der Waals surface area (Å²) in [6, 6.07) is 11.1. The minimum Gasteiger partial charge on any atom is -0.392 e. The van der Waals surface area contributed by atoms with Crippen molar-refractivity contribution in [2.24, 2.45) is 0 Å². The molecule has 2 aromatic carbocycles. The molecule has 0 aliphatic carbocycles. The summed E-state index contributed by atoms with van der Waals surface area (Å²) < 4.78 is 26.8. The van der Waals surface area contributed by atoms with Crippen molar-refractivity contribution >= 4 is 11.8 Å². The Hall–Kier alpha value is -1.39. The summed E-state index contributed by atoms with van der Waals surface area (Å²) in [4.78, 5) is 0.912. The van der Waals surface area contributed by atoms with E-state index in [0.29, 0.717) is 0 Å². The Morgan fingerprint density at radius 2 is 1.56 bits per heavy atom. The van der Waals surface area contributed by atoms with Crippen LogP contribution in [0.2, 0.25) is 0 Å². The third kappa shape index (κ3) is 3.09. The topological polar surface area (TPSA) is 20.2 Å². The summed E-state index contributed by atoms with van der Waals surface area (Å²) in [5, 5.41) is 8.90. The molecule has 18 heavy (non-hydrogen) atoms. The minimum atomic E-state index is -0.519. The van der Waals surface area contributed by atoms with Gasteiger partial charge in [-0.25, -0.2) is 8.78 Å². The second-order valence-electron chi connectivity index (χ2n) is 3.79. The van der Waals surface area contributed by atoms with Crippen molar-refractivity contribution in [1.82, 2.24) is 0 Å². The molecule has 0 atom stereocenters. The van der Waals surface area contributed by atoms with Crippen molar-refractivity contribution in [3.05, 3.63) is 65.2 Å². The van der Waals surface area contributed by atoms with Crippen molar-refractivity contribution < 1.29 is 13.9 Å². The fourth-order valence-corrected chi connectivity index (χ4v) is 2.43. The van der Waals surface area contributed by atoms with Gasteiger partial charge in [-0.2, -0.15) is 0 Å². The molecule has 0 saturated carbocycles. The quantitative estimate of drug-likeness (QED) is 0.850. The smallest absolute Gasteiger partial charge is 0.130 e. The van der Waals surface area contributed by atoms with Crippen LogP contribution in [-0.2, 0) is 12.4 Å². The van der Waals surface area contributed by atoms with Crippen molar-refractivity contribution in [3.8, 4) is 0 Å². The van der Waals surface area contributed by atoms with Crippen LogP contribution >= 0.6 is 11.8 Å². The molecule has 0 fully saturated rings. The van der Waals surface area contributed by atoms with Gasteiger partial charge in [-0.3, -0.25) is 0 Å². The third-order valence-corrected chi connectivity index (χ3v) is 3.59. The number of benzene rings is 2. The van der Waals surface area contributed by atoms with E-state index in [1.165, 1.54) is 30.0 Å². The normalized spacial score (nSPS) is 10.6. The number of aliphatic hydroxyl groups is 1. The molecule has 0 unspecified atom stereocenters. The molecule has 0 aliphatic rings. The predicted octanol–water partition coefficient (Wildman–Crippen LogP) is 3.75. The number of thioether (sulfide) groups is 1. The molecule has 2 rings (SSSR count). The van der Waals surface area contributed by atoms with E-state index in [-0.39, 0.29) is 17.9 Å². The van der Waals surface area contributed by atoms with Gasteiger partial charge in [-0.1, -0.05) is 18.2 Å². The standard InChI is InChI=1S/C14H12F2OS/c15-13-2-1-3-14(16)12(13)9-18-11-6-4-10(8-17)5-7-11/h1-7,17H,8-9H2. The van der Waals surface area contributed by atoms with Crippen LogP contribution in [0.1, 0.15) is 11.1 Å². The van der Waals surface area contributed by atoms with E-state index in [9.17, 15) is 8.78 Å². The van der Waals surface area contributed by atoms with E-state index >= 15 is 0 Å². The summed E-state index contributed by atoms with van der Waals surface area (Å²) in [5.74, 6) is -0.791. The lowest BCUT2D eigenvalue weighted by Gasteiger charge is -2.05. The monoisotopic (exact) mass is 266 g/mol. The van der Waals surface area contributed by atoms with Gasteiger partial charge in [0.1, 0.15) is 11.6 Å². The molecule has 2 aromatic rings. The first-order chi connectivity index (χ1) is 8.70. The van der Waals surface area contributed by atoms with Gasteiger partial charge in [0, 0.05) is 16.2 Å². The Morgan fingerprint density at radius 1 is 0.944 bits per heavy atom. The van der Waals surface area contributed by atoms with Gasteiger partial charge in [-0.05, 0) is 29.8 Å². The second-order valence-corrected chi connectivity index (χ2v) is 4.84. The molecule has 0 aromatic heterocycles. The van der Waals surface area contributed by atoms with Crippen molar-refractivity contribution in [2.45, 2.75) is 17.3 Å². The Labute approximate surface area is 108 Å². The molecule has 1 nitrogen and oxygen atoms in total. The van der Waals surface area contributed by atoms with Crippen LogP contribution in [0.3, 0.4) is 0 Å². The summed E-state index contributed by atoms with van der Waals surface area (Å²) in [6.45, 7) is -0.00706. The van der Waals surface area contributed by atoms with Crippen LogP contribution in [0.25, 0.3) is 0 Å². The largest absolute Gasteiger partial charge is 0.392 e. The number of hydrogen-bond acceptors (Lipinski definition) is 2. The molecule has 0 spiro atoms. The maximum Gasteiger partial charge on any atom is 0.130 e. The first-order valence-corrected chi connectivity index (χ1v) is 6.45. The lowest BCUT2D eigenvalue weighted by atomic mass is 10.2. The molecule has 0 saturated heterocycles. The van der Waals surface area contributed by atoms with Crippen LogP contribution in [0.5, 0.6) is 0 Å². The SMILES string of the molecule is OCc1ccc(SCc2c(F)cccc2F)cc1. The highest BCUT2D eigenvalue weighted by molar-refractivity contribution is 7.98. The molecule has 0 heterocycles. The molecule has 1 N–H and O–H groups in total. The molecule has 0 bridgehead atoms. The zero-order valence-electron chi connectivity index (χ0n) is 9.57. The Balaban J connectivity index is 2.06. The van der Waals surface area contributed by atoms with E-state index < -0.39 is 11.6 Å². The van der Waals surface area contributed by atoms with Gasteiger partial charge >= 0.3 is 0 Å². The minimum absolute atomic E-state index is 0.00706. The molecule has 4 heteroatoms. The van der Waals surface area contributed by atoms with Crippen LogP contribution in [0, 0.1) is 11.6 Å². The zero-order chi connectivity index (χ0) is 13.0. The lowest BCUT2D eigenvalue weighted by molar-refractivity contribution is 0.282. The second kappa shape index (κ2) is 5.98. The highest BCUT2D eigenvalue weighted by Crippen LogP contribution is 2.25. The average Bonchev–Trinajstić information content (AvgIpc) is 2.39. The van der Waals surface area contributed by atoms with Crippen molar-refractivity contribution in [3.63, 3.8) is 0 Å². The van der Waals surface area contributed by atoms with E-state index in [2.05, 4.69) is 0 Å². The van der Waals surface area contributed by atoms with Crippen LogP contribution in [-0.4, -0.2) is 5.11 Å². The Bertz CT molecular complexity index is 506. The van der Waals surface area contributed by atoms with E-state index in [4.69, 9.17) is 5.11 Å². The van der Waals surface area contributed by atoms with Crippen LogP contribution < -0.4 is 0 Å². The molecule has 94 valence electrons. The van der Waals surface area contributed by atoms with Gasteiger partial charge in [0.2, 0.25) is 0 Å². The number of aliphatic hydroxyl groups excluding tert-OH is 1. The maximum atomic E-state index is 13.4. The molecule has 0 amide bonds. The van der Waals surface area contributed by atoms with Crippen LogP contribution in [0.15, 0.2) is 47.4 Å². The summed E-state index contributed by atoms with van der Waals surface area (Å²) in [6.07, 6.45) is 0. The number of rotatable bonds is 4. The van der Waals surface area contributed by atoms with Gasteiger partial charge in [0.05, 0.1) is 6.61 Å². The fourth-order valence-electron chi connectivity index (χ4n) is 1.52. The summed E-state index contributed by atoms with van der Waals surface area (Å²) >= 11 is 1.36. The highest BCUT2D eigenvalue weighted by Gasteiger charge is 2.08. The predicted molar refractivity (Wildman–Crippen MR) is 68.3 cm³/mol. The number of halogens is 2. The van der Waals surface area contributed by atoms with Gasteiger partial charge in [0.25, 0.3) is 0 Å². The van der Waals surface area contributed by atoms with Crippen molar-refractivity contribution in [1.29, 1.82) is 0 Å². The maximum absolute atomic E-state index is 13.4. The highest BCUT2D eigenvalue weighted by atomic mass is 32.2. The third-order valence-electron chi connectivity index (χ3n) is 2.55. The van der Waals surface area contributed by atoms with E-state index in [0.717, 1.165) is 10.5 Å². The summed E-state index contributed by atoms with van der Waals surface area (Å²) in [5.41, 5.74) is 0.908. The first kappa shape index (κ1) is 13.1. The summed E-state index contributed by atoms with van der Waals surface area (Å²) in [7, 11) is 0. The van der Waals surface area contributed by atoms with Gasteiger partial charge in [-0.15, -0.1) is 11.8 Å². The fraction of sp³-hybridized carbons (Fsp3) is 0.143. The van der Waals surface area contributed by atoms with Gasteiger partial charge < -0.3 is 5.11 Å². The molecule has 0 aliphatic heterocycles. The van der Waals surface area contributed by atoms with E-state index in [1.54, 1.807) is 12.1 Å². The first-order valence-electron chi connectivity index (χ1n) is 5.46.